The van der Waals surface area contributed by atoms with Gasteiger partial charge in [-0.3, -0.25) is 0 Å². The Morgan fingerprint density at radius 1 is 1.17 bits per heavy atom. The molecule has 1 aromatic rings. The van der Waals surface area contributed by atoms with E-state index in [4.69, 9.17) is 5.90 Å². The average molecular weight is 271 g/mol. The number of rotatable bonds is 5. The summed E-state index contributed by atoms with van der Waals surface area (Å²) >= 11 is 0. The van der Waals surface area contributed by atoms with Gasteiger partial charge in [0, 0.05) is 0 Å². The first-order chi connectivity index (χ1) is 8.27. The van der Waals surface area contributed by atoms with Crippen molar-refractivity contribution >= 4 is 9.84 Å². The highest BCUT2D eigenvalue weighted by Gasteiger charge is 2.17. The second-order valence-electron chi connectivity index (χ2n) is 5.32. The molecule has 0 heterocycles. The summed E-state index contributed by atoms with van der Waals surface area (Å²) in [5.41, 5.74) is 1.14. The molecule has 1 aromatic carbocycles. The molecule has 0 aromatic heterocycles. The van der Waals surface area contributed by atoms with E-state index >= 15 is 0 Å². The van der Waals surface area contributed by atoms with Gasteiger partial charge in [0.2, 0.25) is 0 Å². The van der Waals surface area contributed by atoms with E-state index in [-0.39, 0.29) is 17.8 Å². The molecule has 0 spiro atoms. The average Bonchev–Trinajstić information content (AvgIpc) is 2.28. The summed E-state index contributed by atoms with van der Waals surface area (Å²) in [7, 11) is -3.23. The zero-order valence-corrected chi connectivity index (χ0v) is 12.0. The van der Waals surface area contributed by atoms with E-state index in [0.717, 1.165) is 5.56 Å². The first-order valence-electron chi connectivity index (χ1n) is 5.92. The van der Waals surface area contributed by atoms with Gasteiger partial charge in [0.05, 0.1) is 17.3 Å². The lowest BCUT2D eigenvalue weighted by atomic mass is 9.87. The van der Waals surface area contributed by atoms with Gasteiger partial charge in [0.25, 0.3) is 0 Å². The SMILES string of the molecule is CC(C)(C)c1ccc(S(=O)(=O)CCCON)cc1. The Morgan fingerprint density at radius 2 is 1.72 bits per heavy atom. The largest absolute Gasteiger partial charge is 0.305 e. The van der Waals surface area contributed by atoms with Crippen molar-refractivity contribution < 1.29 is 13.3 Å². The van der Waals surface area contributed by atoms with Gasteiger partial charge in [-0.05, 0) is 29.5 Å². The number of hydrogen-bond acceptors (Lipinski definition) is 4. The lowest BCUT2D eigenvalue weighted by Gasteiger charge is -2.19. The molecule has 102 valence electrons. The summed E-state index contributed by atoms with van der Waals surface area (Å²) in [4.78, 5) is 4.73. The molecular formula is C13H21NO3S. The van der Waals surface area contributed by atoms with E-state index in [0.29, 0.717) is 11.3 Å². The molecule has 0 aliphatic carbocycles. The maximum atomic E-state index is 12.0. The van der Waals surface area contributed by atoms with Gasteiger partial charge < -0.3 is 4.84 Å². The quantitative estimate of drug-likeness (QED) is 0.657. The molecule has 5 heteroatoms. The van der Waals surface area contributed by atoms with E-state index in [1.54, 1.807) is 12.1 Å². The van der Waals surface area contributed by atoms with Crippen LogP contribution in [-0.2, 0) is 20.1 Å². The highest BCUT2D eigenvalue weighted by molar-refractivity contribution is 7.91. The van der Waals surface area contributed by atoms with Crippen LogP contribution in [-0.4, -0.2) is 20.8 Å². The van der Waals surface area contributed by atoms with Crippen molar-refractivity contribution in [1.82, 2.24) is 0 Å². The maximum Gasteiger partial charge on any atom is 0.178 e. The molecule has 2 N–H and O–H groups in total. The maximum absolute atomic E-state index is 12.0. The third-order valence-electron chi connectivity index (χ3n) is 2.75. The molecule has 0 aliphatic heterocycles. The van der Waals surface area contributed by atoms with E-state index in [2.05, 4.69) is 25.6 Å². The zero-order chi connectivity index (χ0) is 13.8. The second kappa shape index (κ2) is 5.82. The van der Waals surface area contributed by atoms with Gasteiger partial charge in [0.1, 0.15) is 0 Å². The Morgan fingerprint density at radius 3 is 2.17 bits per heavy atom. The molecule has 0 unspecified atom stereocenters. The van der Waals surface area contributed by atoms with Crippen LogP contribution in [0.1, 0.15) is 32.8 Å². The predicted molar refractivity (Wildman–Crippen MR) is 72.0 cm³/mol. The summed E-state index contributed by atoms with van der Waals surface area (Å²) in [5, 5.41) is 0. The Labute approximate surface area is 109 Å². The number of nitrogens with two attached hydrogens (primary N) is 1. The molecular weight excluding hydrogens is 250 g/mol. The summed E-state index contributed by atoms with van der Waals surface area (Å²) < 4.78 is 23.9. The number of hydrogen-bond donors (Lipinski definition) is 1. The van der Waals surface area contributed by atoms with Crippen LogP contribution in [0.5, 0.6) is 0 Å². The van der Waals surface area contributed by atoms with Crippen LogP contribution < -0.4 is 5.90 Å². The molecule has 4 nitrogen and oxygen atoms in total. The van der Waals surface area contributed by atoms with Crippen molar-refractivity contribution in [3.63, 3.8) is 0 Å². The first-order valence-corrected chi connectivity index (χ1v) is 7.57. The number of benzene rings is 1. The van der Waals surface area contributed by atoms with Crippen LogP contribution >= 0.6 is 0 Å². The predicted octanol–water partition coefficient (Wildman–Crippen LogP) is 2.04. The van der Waals surface area contributed by atoms with Crippen LogP contribution in [0.4, 0.5) is 0 Å². The van der Waals surface area contributed by atoms with Crippen LogP contribution in [0.3, 0.4) is 0 Å². The van der Waals surface area contributed by atoms with Crippen LogP contribution in [0.15, 0.2) is 29.2 Å². The minimum absolute atomic E-state index is 0.0235. The molecule has 0 saturated heterocycles. The fraction of sp³-hybridized carbons (Fsp3) is 0.538. The standard InChI is InChI=1S/C13H21NO3S/c1-13(2,3)11-5-7-12(8-6-11)18(15,16)10-4-9-17-14/h5-8H,4,9-10,14H2,1-3H3. The number of sulfone groups is 1. The van der Waals surface area contributed by atoms with Crippen LogP contribution in [0.25, 0.3) is 0 Å². The third-order valence-corrected chi connectivity index (χ3v) is 4.57. The smallest absolute Gasteiger partial charge is 0.178 e. The van der Waals surface area contributed by atoms with Crippen molar-refractivity contribution in [3.8, 4) is 0 Å². The Kier molecular flexibility index (Phi) is 4.90. The van der Waals surface area contributed by atoms with E-state index in [1.165, 1.54) is 0 Å². The van der Waals surface area contributed by atoms with Crippen molar-refractivity contribution in [2.45, 2.75) is 37.5 Å². The molecule has 0 fully saturated rings. The summed E-state index contributed by atoms with van der Waals surface area (Å²) in [6, 6.07) is 7.07. The Balaban J connectivity index is 2.85. The van der Waals surface area contributed by atoms with Crippen molar-refractivity contribution in [1.29, 1.82) is 0 Å². The summed E-state index contributed by atoms with van der Waals surface area (Å²) in [6.45, 7) is 6.53. The molecule has 0 saturated carbocycles. The molecule has 0 bridgehead atoms. The van der Waals surface area contributed by atoms with Gasteiger partial charge in [-0.1, -0.05) is 32.9 Å². The molecule has 0 radical (unpaired) electrons. The third kappa shape index (κ3) is 4.08. The van der Waals surface area contributed by atoms with Gasteiger partial charge in [-0.25, -0.2) is 14.3 Å². The van der Waals surface area contributed by atoms with E-state index in [9.17, 15) is 8.42 Å². The zero-order valence-electron chi connectivity index (χ0n) is 11.1. The van der Waals surface area contributed by atoms with Crippen LogP contribution in [0, 0.1) is 0 Å². The molecule has 0 aliphatic rings. The molecule has 0 atom stereocenters. The van der Waals surface area contributed by atoms with Gasteiger partial charge in [-0.2, -0.15) is 0 Å². The fourth-order valence-electron chi connectivity index (χ4n) is 1.61. The fourth-order valence-corrected chi connectivity index (χ4v) is 2.90. The first kappa shape index (κ1) is 15.1. The minimum Gasteiger partial charge on any atom is -0.305 e. The topological polar surface area (TPSA) is 69.4 Å². The lowest BCUT2D eigenvalue weighted by molar-refractivity contribution is 0.139. The highest BCUT2D eigenvalue weighted by Crippen LogP contribution is 2.23. The molecule has 1 rings (SSSR count). The van der Waals surface area contributed by atoms with Gasteiger partial charge in [-0.15, -0.1) is 0 Å². The minimum atomic E-state index is -3.23. The Bertz CT molecular complexity index is 472. The second-order valence-corrected chi connectivity index (χ2v) is 7.43. The Hall–Kier alpha value is -0.910. The normalized spacial score (nSPS) is 12.7. The van der Waals surface area contributed by atoms with E-state index < -0.39 is 9.84 Å². The van der Waals surface area contributed by atoms with Crippen molar-refractivity contribution in [2.75, 3.05) is 12.4 Å². The van der Waals surface area contributed by atoms with Crippen LogP contribution in [0.2, 0.25) is 0 Å². The lowest BCUT2D eigenvalue weighted by Crippen LogP contribution is -2.13. The molecule has 18 heavy (non-hydrogen) atoms. The highest BCUT2D eigenvalue weighted by atomic mass is 32.2. The van der Waals surface area contributed by atoms with Crippen molar-refractivity contribution in [3.05, 3.63) is 29.8 Å². The van der Waals surface area contributed by atoms with Crippen molar-refractivity contribution in [2.24, 2.45) is 5.90 Å². The van der Waals surface area contributed by atoms with E-state index in [1.807, 2.05) is 12.1 Å². The monoisotopic (exact) mass is 271 g/mol. The summed E-state index contributed by atoms with van der Waals surface area (Å²) in [6.07, 6.45) is 0.403. The van der Waals surface area contributed by atoms with Gasteiger partial charge >= 0.3 is 0 Å². The van der Waals surface area contributed by atoms with Gasteiger partial charge in [0.15, 0.2) is 9.84 Å². The summed E-state index contributed by atoms with van der Waals surface area (Å²) in [5.74, 6) is 4.92. The molecule has 0 amide bonds.